The molecule has 0 spiro atoms. The Morgan fingerprint density at radius 1 is 1.50 bits per heavy atom. The van der Waals surface area contributed by atoms with Crippen LogP contribution in [0.4, 0.5) is 0 Å². The Morgan fingerprint density at radius 2 is 2.08 bits per heavy atom. The summed E-state index contributed by atoms with van der Waals surface area (Å²) in [5.41, 5.74) is 0. The molecule has 0 saturated heterocycles. The van der Waals surface area contributed by atoms with Crippen LogP contribution in [0.5, 0.6) is 0 Å². The lowest BCUT2D eigenvalue weighted by Gasteiger charge is -2.00. The Balaban J connectivity index is -0.000000309. The molecular formula is C9H23NOS. The minimum absolute atomic E-state index is 0. The number of hydrogen-bond donors (Lipinski definition) is 1. The smallest absolute Gasteiger partial charge is 0.229 e. The molecule has 0 aromatic rings. The number of nitrogens with one attached hydrogen (secondary N) is 1. The fraction of sp³-hybridized carbons (Fsp3) is 0.889. The van der Waals surface area contributed by atoms with Crippen molar-refractivity contribution >= 4 is 17.7 Å². The van der Waals surface area contributed by atoms with E-state index < -0.39 is 0 Å². The summed E-state index contributed by atoms with van der Waals surface area (Å²) in [5, 5.41) is 2.82. The Kier molecular flexibility index (Phi) is 16.0. The second-order valence-electron chi connectivity index (χ2n) is 2.14. The molecule has 76 valence electrons. The van der Waals surface area contributed by atoms with Gasteiger partial charge in [-0.15, -0.1) is 0 Å². The summed E-state index contributed by atoms with van der Waals surface area (Å²) in [6.45, 7) is 6.94. The van der Waals surface area contributed by atoms with Gasteiger partial charge in [0.1, 0.15) is 0 Å². The molecule has 0 unspecified atom stereocenters. The average Bonchev–Trinajstić information content (AvgIpc) is 2.09. The monoisotopic (exact) mass is 193 g/mol. The molecule has 0 heterocycles. The molecule has 0 aliphatic rings. The Hall–Kier alpha value is -0.180. The average molecular weight is 193 g/mol. The first-order chi connectivity index (χ1) is 5.81. The lowest BCUT2D eigenvalue weighted by atomic mass is 10.3. The largest absolute Gasteiger partial charge is 0.355 e. The van der Waals surface area contributed by atoms with E-state index in [9.17, 15) is 4.79 Å². The summed E-state index contributed by atoms with van der Waals surface area (Å²) >= 11 is 1.56. The minimum atomic E-state index is 0. The third kappa shape index (κ3) is 12.5. The Labute approximate surface area is 82.0 Å². The van der Waals surface area contributed by atoms with Crippen molar-refractivity contribution in [3.8, 4) is 0 Å². The van der Waals surface area contributed by atoms with Gasteiger partial charge in [-0.05, 0) is 12.7 Å². The zero-order chi connectivity index (χ0) is 9.82. The maximum absolute atomic E-state index is 10.8. The second kappa shape index (κ2) is 13.4. The van der Waals surface area contributed by atoms with Gasteiger partial charge in [0.2, 0.25) is 5.91 Å². The molecular weight excluding hydrogens is 170 g/mol. The van der Waals surface area contributed by atoms with Crippen molar-refractivity contribution in [1.82, 2.24) is 5.32 Å². The van der Waals surface area contributed by atoms with Crippen LogP contribution in [0.2, 0.25) is 0 Å². The fourth-order valence-electron chi connectivity index (χ4n) is 0.587. The summed E-state index contributed by atoms with van der Waals surface area (Å²) < 4.78 is 0. The minimum Gasteiger partial charge on any atom is -0.355 e. The number of hydrogen-bond acceptors (Lipinski definition) is 2. The lowest BCUT2D eigenvalue weighted by molar-refractivity contribution is -0.118. The van der Waals surface area contributed by atoms with Gasteiger partial charge in [0, 0.05) is 7.97 Å². The van der Waals surface area contributed by atoms with Crippen LogP contribution in [0.3, 0.4) is 0 Å². The quantitative estimate of drug-likeness (QED) is 0.680. The van der Waals surface area contributed by atoms with Gasteiger partial charge in [-0.25, -0.2) is 0 Å². The van der Waals surface area contributed by atoms with Gasteiger partial charge in [0.15, 0.2) is 0 Å². The zero-order valence-corrected chi connectivity index (χ0v) is 9.46. The van der Waals surface area contributed by atoms with E-state index in [1.165, 1.54) is 0 Å². The van der Waals surface area contributed by atoms with E-state index >= 15 is 0 Å². The molecule has 1 amide bonds. The summed E-state index contributed by atoms with van der Waals surface area (Å²) in [4.78, 5) is 10.8. The van der Waals surface area contributed by atoms with Crippen LogP contribution < -0.4 is 5.32 Å². The fourth-order valence-corrected chi connectivity index (χ4v) is 0.951. The molecule has 0 fully saturated rings. The summed E-state index contributed by atoms with van der Waals surface area (Å²) in [7, 11) is 0. The molecule has 2 nitrogen and oxygen atoms in total. The van der Waals surface area contributed by atoms with E-state index in [1.54, 1.807) is 11.8 Å². The molecule has 3 heteroatoms. The molecule has 0 aliphatic carbocycles. The van der Waals surface area contributed by atoms with Crippen LogP contribution in [-0.4, -0.2) is 24.5 Å². The van der Waals surface area contributed by atoms with Crippen LogP contribution in [0.15, 0.2) is 0 Å². The molecule has 0 saturated carbocycles. The third-order valence-electron chi connectivity index (χ3n) is 1.13. The van der Waals surface area contributed by atoms with Crippen LogP contribution in [0, 0.1) is 0 Å². The van der Waals surface area contributed by atoms with Crippen LogP contribution >= 0.6 is 11.8 Å². The van der Waals surface area contributed by atoms with Crippen molar-refractivity contribution in [1.29, 1.82) is 0 Å². The summed E-state index contributed by atoms with van der Waals surface area (Å²) in [5.74, 6) is 0.741. The van der Waals surface area contributed by atoms with Gasteiger partial charge in [0.05, 0.1) is 5.75 Å². The van der Waals surface area contributed by atoms with E-state index in [1.807, 2.05) is 20.1 Å². The maximum Gasteiger partial charge on any atom is 0.229 e. The van der Waals surface area contributed by atoms with Gasteiger partial charge in [-0.3, -0.25) is 4.79 Å². The van der Waals surface area contributed by atoms with Crippen molar-refractivity contribution < 1.29 is 6.22 Å². The second-order valence-corrected chi connectivity index (χ2v) is 3.00. The number of carbonyl (C=O) groups excluding carboxylic acids is 1. The number of carbonyl (C=O) groups is 1. The van der Waals surface area contributed by atoms with Crippen LogP contribution in [0.1, 0.15) is 35.0 Å². The zero-order valence-electron chi connectivity index (χ0n) is 8.64. The predicted octanol–water partition coefficient (Wildman–Crippen LogP) is 2.54. The van der Waals surface area contributed by atoms with Crippen molar-refractivity contribution in [2.75, 3.05) is 18.6 Å². The molecule has 0 atom stereocenters. The SMILES string of the molecule is CC.CCCCNC(=O)CSC.[HH]. The van der Waals surface area contributed by atoms with E-state index in [4.69, 9.17) is 0 Å². The first-order valence-corrected chi connectivity index (χ1v) is 5.96. The van der Waals surface area contributed by atoms with Gasteiger partial charge in [-0.1, -0.05) is 27.2 Å². The van der Waals surface area contributed by atoms with Crippen molar-refractivity contribution in [2.45, 2.75) is 33.6 Å². The van der Waals surface area contributed by atoms with E-state index in [-0.39, 0.29) is 7.33 Å². The topological polar surface area (TPSA) is 29.1 Å². The number of thioether (sulfide) groups is 1. The van der Waals surface area contributed by atoms with E-state index in [0.717, 1.165) is 19.4 Å². The summed E-state index contributed by atoms with van der Waals surface area (Å²) in [6, 6.07) is 0. The normalized spacial score (nSPS) is 8.33. The molecule has 0 bridgehead atoms. The molecule has 1 N–H and O–H groups in total. The van der Waals surface area contributed by atoms with E-state index in [2.05, 4.69) is 12.2 Å². The van der Waals surface area contributed by atoms with E-state index in [0.29, 0.717) is 5.75 Å². The maximum atomic E-state index is 10.8. The highest BCUT2D eigenvalue weighted by Crippen LogP contribution is 1.89. The van der Waals surface area contributed by atoms with Crippen molar-refractivity contribution in [2.24, 2.45) is 0 Å². The van der Waals surface area contributed by atoms with Gasteiger partial charge >= 0.3 is 0 Å². The number of rotatable bonds is 5. The standard InChI is InChI=1S/C7H15NOS.C2H6.H2/c1-3-4-5-8-7(9)6-10-2;1-2;/h3-6H2,1-2H3,(H,8,9);1-2H3;1H. The van der Waals surface area contributed by atoms with Crippen LogP contribution in [-0.2, 0) is 4.79 Å². The molecule has 0 radical (unpaired) electrons. The van der Waals surface area contributed by atoms with Gasteiger partial charge in [0.25, 0.3) is 0 Å². The first kappa shape index (κ1) is 14.3. The van der Waals surface area contributed by atoms with Crippen molar-refractivity contribution in [3.05, 3.63) is 0 Å². The van der Waals surface area contributed by atoms with Crippen molar-refractivity contribution in [3.63, 3.8) is 0 Å². The molecule has 0 rings (SSSR count). The van der Waals surface area contributed by atoms with Gasteiger partial charge < -0.3 is 5.32 Å². The molecule has 0 aromatic carbocycles. The highest BCUT2D eigenvalue weighted by Gasteiger charge is 1.95. The molecule has 12 heavy (non-hydrogen) atoms. The first-order valence-electron chi connectivity index (χ1n) is 4.57. The highest BCUT2D eigenvalue weighted by molar-refractivity contribution is 7.99. The van der Waals surface area contributed by atoms with Crippen LogP contribution in [0.25, 0.3) is 0 Å². The number of amides is 1. The Morgan fingerprint density at radius 3 is 2.50 bits per heavy atom. The Bertz CT molecular complexity index is 102. The third-order valence-corrected chi connectivity index (χ3v) is 1.68. The predicted molar refractivity (Wildman–Crippen MR) is 59.8 cm³/mol. The lowest BCUT2D eigenvalue weighted by Crippen LogP contribution is -2.25. The van der Waals surface area contributed by atoms with Gasteiger partial charge in [-0.2, -0.15) is 11.8 Å². The highest BCUT2D eigenvalue weighted by atomic mass is 32.2. The molecule has 0 aromatic heterocycles. The number of unbranched alkanes of at least 4 members (excludes halogenated alkanes) is 1. The summed E-state index contributed by atoms with van der Waals surface area (Å²) in [6.07, 6.45) is 4.15. The molecule has 0 aliphatic heterocycles.